The number of fused-ring (bicyclic) bond motifs is 1. The van der Waals surface area contributed by atoms with E-state index in [9.17, 15) is 32.7 Å². The number of esters is 1. The molecule has 1 amide bonds. The smallest absolute Gasteiger partial charge is 0.435 e. The minimum absolute atomic E-state index is 0.116. The summed E-state index contributed by atoms with van der Waals surface area (Å²) in [5, 5.41) is 12.5. The zero-order valence-corrected chi connectivity index (χ0v) is 18.8. The average Bonchev–Trinajstić information content (AvgIpc) is 2.74. The molecule has 3 rings (SSSR count). The molecule has 11 heteroatoms. The van der Waals surface area contributed by atoms with Gasteiger partial charge in [-0.1, -0.05) is 30.3 Å². The standard InChI is InChI=1S/C23H22F3N3O5/c1-22(2,3)34-15(30)11-27-20(32)16-18(31)13-10-14(12-8-6-5-7-9-12)28-19(23(24,25)26)17(13)29(4)21(16)33/h5-10,31H,11H2,1-4H3,(H,27,32). The number of carbonyl (C=O) groups excluding carboxylic acids is 2. The molecule has 0 saturated carbocycles. The van der Waals surface area contributed by atoms with Crippen LogP contribution in [0, 0.1) is 0 Å². The lowest BCUT2D eigenvalue weighted by atomic mass is 10.0. The highest BCUT2D eigenvalue weighted by Crippen LogP contribution is 2.38. The zero-order valence-electron chi connectivity index (χ0n) is 18.8. The van der Waals surface area contributed by atoms with Gasteiger partial charge in [0.25, 0.3) is 11.5 Å². The van der Waals surface area contributed by atoms with E-state index in [1.165, 1.54) is 18.2 Å². The maximum absolute atomic E-state index is 13.9. The number of hydrogen-bond acceptors (Lipinski definition) is 6. The van der Waals surface area contributed by atoms with E-state index in [-0.39, 0.29) is 5.69 Å². The maximum atomic E-state index is 13.9. The molecule has 3 aromatic rings. The van der Waals surface area contributed by atoms with Gasteiger partial charge in [0, 0.05) is 18.0 Å². The maximum Gasteiger partial charge on any atom is 0.435 e. The SMILES string of the molecule is Cn1c(=O)c(C(=O)NCC(=O)OC(C)(C)C)c(O)c2cc(-c3ccccc3)nc(C(F)(F)F)c21. The van der Waals surface area contributed by atoms with Crippen molar-refractivity contribution in [1.82, 2.24) is 14.9 Å². The second-order valence-corrected chi connectivity index (χ2v) is 8.47. The molecule has 2 aromatic heterocycles. The number of rotatable bonds is 4. The Kier molecular flexibility index (Phi) is 6.41. The summed E-state index contributed by atoms with van der Waals surface area (Å²) in [6.45, 7) is 4.24. The number of aryl methyl sites for hydroxylation is 1. The molecule has 0 aliphatic heterocycles. The number of carbonyl (C=O) groups is 2. The molecule has 0 fully saturated rings. The number of ether oxygens (including phenoxy) is 1. The van der Waals surface area contributed by atoms with E-state index in [0.29, 0.717) is 10.1 Å². The molecule has 0 atom stereocenters. The van der Waals surface area contributed by atoms with E-state index < -0.39 is 63.7 Å². The summed E-state index contributed by atoms with van der Waals surface area (Å²) in [6, 6.07) is 9.10. The minimum Gasteiger partial charge on any atom is -0.506 e. The number of benzene rings is 1. The summed E-state index contributed by atoms with van der Waals surface area (Å²) >= 11 is 0. The van der Waals surface area contributed by atoms with E-state index in [1.54, 1.807) is 39.0 Å². The molecule has 2 N–H and O–H groups in total. The van der Waals surface area contributed by atoms with Crippen molar-refractivity contribution in [2.75, 3.05) is 6.54 Å². The van der Waals surface area contributed by atoms with Crippen LogP contribution in [0.4, 0.5) is 13.2 Å². The number of hydrogen-bond donors (Lipinski definition) is 2. The zero-order chi connectivity index (χ0) is 25.4. The molecular formula is C23H22F3N3O5. The van der Waals surface area contributed by atoms with Crippen LogP contribution in [0.5, 0.6) is 5.75 Å². The normalized spacial score (nSPS) is 12.0. The number of amides is 1. The van der Waals surface area contributed by atoms with E-state index in [2.05, 4.69) is 10.3 Å². The summed E-state index contributed by atoms with van der Waals surface area (Å²) in [7, 11) is 1.04. The fourth-order valence-electron chi connectivity index (χ4n) is 3.34. The Labute approximate surface area is 192 Å². The Morgan fingerprint density at radius 2 is 1.76 bits per heavy atom. The number of nitrogens with one attached hydrogen (secondary N) is 1. The monoisotopic (exact) mass is 477 g/mol. The fourth-order valence-corrected chi connectivity index (χ4v) is 3.34. The summed E-state index contributed by atoms with van der Waals surface area (Å²) < 4.78 is 47.3. The largest absolute Gasteiger partial charge is 0.506 e. The molecule has 0 aliphatic carbocycles. The van der Waals surface area contributed by atoms with E-state index in [0.717, 1.165) is 7.05 Å². The lowest BCUT2D eigenvalue weighted by Gasteiger charge is -2.20. The predicted molar refractivity (Wildman–Crippen MR) is 117 cm³/mol. The van der Waals surface area contributed by atoms with Gasteiger partial charge in [0.2, 0.25) is 0 Å². The molecule has 180 valence electrons. The van der Waals surface area contributed by atoms with Crippen LogP contribution in [-0.2, 0) is 22.8 Å². The molecule has 0 spiro atoms. The first-order valence-electron chi connectivity index (χ1n) is 10.1. The molecule has 0 aliphatic rings. The Morgan fingerprint density at radius 1 is 1.15 bits per heavy atom. The number of pyridine rings is 2. The van der Waals surface area contributed by atoms with Crippen molar-refractivity contribution >= 4 is 22.8 Å². The molecule has 1 aromatic carbocycles. The Balaban J connectivity index is 2.18. The van der Waals surface area contributed by atoms with Crippen LogP contribution in [0.2, 0.25) is 0 Å². The fraction of sp³-hybridized carbons (Fsp3) is 0.304. The van der Waals surface area contributed by atoms with Gasteiger partial charge in [-0.05, 0) is 26.8 Å². The van der Waals surface area contributed by atoms with Gasteiger partial charge < -0.3 is 19.7 Å². The van der Waals surface area contributed by atoms with E-state index in [4.69, 9.17) is 4.74 Å². The van der Waals surface area contributed by atoms with Crippen LogP contribution >= 0.6 is 0 Å². The topological polar surface area (TPSA) is 111 Å². The molecule has 8 nitrogen and oxygen atoms in total. The molecule has 2 heterocycles. The van der Waals surface area contributed by atoms with Gasteiger partial charge in [-0.25, -0.2) is 4.98 Å². The third kappa shape index (κ3) is 5.03. The predicted octanol–water partition coefficient (Wildman–Crippen LogP) is 3.40. The highest BCUT2D eigenvalue weighted by molar-refractivity contribution is 6.04. The second kappa shape index (κ2) is 8.81. The van der Waals surface area contributed by atoms with Crippen molar-refractivity contribution in [3.8, 4) is 17.0 Å². The third-order valence-electron chi connectivity index (χ3n) is 4.72. The van der Waals surface area contributed by atoms with Gasteiger partial charge >= 0.3 is 12.1 Å². The molecular weight excluding hydrogens is 455 g/mol. The van der Waals surface area contributed by atoms with Crippen LogP contribution in [0.3, 0.4) is 0 Å². The Hall–Kier alpha value is -3.89. The number of aromatic hydroxyl groups is 1. The van der Waals surface area contributed by atoms with Crippen LogP contribution in [-0.4, -0.2) is 38.7 Å². The average molecular weight is 477 g/mol. The molecule has 0 saturated heterocycles. The van der Waals surface area contributed by atoms with Crippen LogP contribution in [0.15, 0.2) is 41.2 Å². The molecule has 0 radical (unpaired) electrons. The van der Waals surface area contributed by atoms with Crippen LogP contribution < -0.4 is 10.9 Å². The quantitative estimate of drug-likeness (QED) is 0.558. The van der Waals surface area contributed by atoms with E-state index >= 15 is 0 Å². The summed E-state index contributed by atoms with van der Waals surface area (Å²) in [6.07, 6.45) is -4.96. The van der Waals surface area contributed by atoms with Crippen molar-refractivity contribution in [2.45, 2.75) is 32.5 Å². The third-order valence-corrected chi connectivity index (χ3v) is 4.72. The number of halogens is 3. The molecule has 0 bridgehead atoms. The van der Waals surface area contributed by atoms with Gasteiger partial charge in [0.1, 0.15) is 23.5 Å². The van der Waals surface area contributed by atoms with Crippen LogP contribution in [0.25, 0.3) is 22.2 Å². The van der Waals surface area contributed by atoms with Crippen molar-refractivity contribution in [3.63, 3.8) is 0 Å². The number of alkyl halides is 3. The van der Waals surface area contributed by atoms with Gasteiger partial charge in [-0.15, -0.1) is 0 Å². The second-order valence-electron chi connectivity index (χ2n) is 8.47. The van der Waals surface area contributed by atoms with Crippen molar-refractivity contribution in [3.05, 3.63) is 58.0 Å². The van der Waals surface area contributed by atoms with Crippen molar-refractivity contribution in [2.24, 2.45) is 7.05 Å². The van der Waals surface area contributed by atoms with Gasteiger partial charge in [-0.2, -0.15) is 13.2 Å². The highest BCUT2D eigenvalue weighted by atomic mass is 19.4. The summed E-state index contributed by atoms with van der Waals surface area (Å²) in [5.41, 5.74) is -4.67. The molecule has 34 heavy (non-hydrogen) atoms. The lowest BCUT2D eigenvalue weighted by molar-refractivity contribution is -0.153. The first-order valence-corrected chi connectivity index (χ1v) is 10.1. The number of nitrogens with zero attached hydrogens (tertiary/aromatic N) is 2. The lowest BCUT2D eigenvalue weighted by Crippen LogP contribution is -2.38. The van der Waals surface area contributed by atoms with Gasteiger partial charge in [-0.3, -0.25) is 14.4 Å². The summed E-state index contributed by atoms with van der Waals surface area (Å²) in [4.78, 5) is 41.0. The number of aromatic nitrogens is 2. The van der Waals surface area contributed by atoms with E-state index in [1.807, 2.05) is 0 Å². The summed E-state index contributed by atoms with van der Waals surface area (Å²) in [5.74, 6) is -2.89. The Morgan fingerprint density at radius 3 is 2.32 bits per heavy atom. The van der Waals surface area contributed by atoms with Crippen molar-refractivity contribution in [1.29, 1.82) is 0 Å². The highest BCUT2D eigenvalue weighted by Gasteiger charge is 2.38. The molecule has 0 unspecified atom stereocenters. The van der Waals surface area contributed by atoms with Gasteiger partial charge in [0.05, 0.1) is 11.2 Å². The minimum atomic E-state index is -4.96. The van der Waals surface area contributed by atoms with Crippen molar-refractivity contribution < 1.29 is 32.6 Å². The first kappa shape index (κ1) is 24.7. The van der Waals surface area contributed by atoms with Crippen LogP contribution in [0.1, 0.15) is 36.8 Å². The Bertz CT molecular complexity index is 1330. The first-order chi connectivity index (χ1) is 15.7. The van der Waals surface area contributed by atoms with Gasteiger partial charge in [0.15, 0.2) is 5.69 Å².